The molecule has 1 aromatic heterocycles. The largest absolute Gasteiger partial charge is 0.348 e. The molecule has 176 valence electrons. The Morgan fingerprint density at radius 3 is 1.76 bits per heavy atom. The molecule has 0 aliphatic carbocycles. The van der Waals surface area contributed by atoms with Gasteiger partial charge in [0.05, 0.1) is 6.54 Å². The molecule has 0 spiro atoms. The first-order chi connectivity index (χ1) is 16.4. The molecular formula is C27H30N4O3. The standard InChI is InChI=1S/C27H30N4O3/c1-29(2)24(32)18-31-16-21(26(33)19-10-6-4-7-11-19)25(23-14-15-28-30(23)3)22(17-31)27(34)20-12-8-5-9-13-20/h4-15,21-22,25H,16-18H2,1-3H3. The van der Waals surface area contributed by atoms with E-state index in [0.717, 1.165) is 5.69 Å². The summed E-state index contributed by atoms with van der Waals surface area (Å²) in [6.07, 6.45) is 1.70. The molecule has 0 radical (unpaired) electrons. The van der Waals surface area contributed by atoms with Crippen LogP contribution in [0.4, 0.5) is 0 Å². The van der Waals surface area contributed by atoms with Gasteiger partial charge in [-0.3, -0.25) is 24.0 Å². The number of rotatable bonds is 7. The number of amides is 1. The predicted octanol–water partition coefficient (Wildman–Crippen LogP) is 2.91. The van der Waals surface area contributed by atoms with Crippen molar-refractivity contribution in [1.29, 1.82) is 0 Å². The van der Waals surface area contributed by atoms with Gasteiger partial charge in [-0.25, -0.2) is 0 Å². The molecule has 0 N–H and O–H groups in total. The van der Waals surface area contributed by atoms with Gasteiger partial charge in [-0.2, -0.15) is 5.10 Å². The van der Waals surface area contributed by atoms with Crippen LogP contribution >= 0.6 is 0 Å². The van der Waals surface area contributed by atoms with Crippen molar-refractivity contribution in [2.75, 3.05) is 33.7 Å². The van der Waals surface area contributed by atoms with Crippen LogP contribution in [0, 0.1) is 11.8 Å². The number of likely N-dealkylation sites (tertiary alicyclic amines) is 1. The highest BCUT2D eigenvalue weighted by molar-refractivity contribution is 6.02. The molecule has 1 aliphatic rings. The highest BCUT2D eigenvalue weighted by Gasteiger charge is 2.46. The molecule has 1 amide bonds. The van der Waals surface area contributed by atoms with Crippen molar-refractivity contribution in [2.45, 2.75) is 5.92 Å². The zero-order valence-electron chi connectivity index (χ0n) is 19.8. The minimum atomic E-state index is -0.501. The summed E-state index contributed by atoms with van der Waals surface area (Å²) in [6, 6.07) is 20.2. The first-order valence-corrected chi connectivity index (χ1v) is 11.5. The second kappa shape index (κ2) is 10.1. The van der Waals surface area contributed by atoms with E-state index in [2.05, 4.69) is 5.10 Å². The number of hydrogen-bond donors (Lipinski definition) is 0. The first kappa shape index (κ1) is 23.6. The Hall–Kier alpha value is -3.58. The number of carbonyl (C=O) groups is 3. The third-order valence-corrected chi connectivity index (χ3v) is 6.62. The number of aromatic nitrogens is 2. The highest BCUT2D eigenvalue weighted by atomic mass is 16.2. The lowest BCUT2D eigenvalue weighted by Gasteiger charge is -2.42. The van der Waals surface area contributed by atoms with Gasteiger partial charge in [-0.15, -0.1) is 0 Å². The van der Waals surface area contributed by atoms with Gasteiger partial charge < -0.3 is 4.90 Å². The van der Waals surface area contributed by atoms with Crippen molar-refractivity contribution in [3.05, 3.63) is 89.7 Å². The highest BCUT2D eigenvalue weighted by Crippen LogP contribution is 2.40. The third kappa shape index (κ3) is 4.84. The minimum Gasteiger partial charge on any atom is -0.348 e. The summed E-state index contributed by atoms with van der Waals surface area (Å²) in [7, 11) is 5.26. The molecule has 2 aromatic carbocycles. The second-order valence-corrected chi connectivity index (χ2v) is 9.06. The van der Waals surface area contributed by atoms with Gasteiger partial charge in [-0.1, -0.05) is 60.7 Å². The summed E-state index contributed by atoms with van der Waals surface area (Å²) in [5.74, 6) is -1.48. The normalized spacial score (nSPS) is 20.6. The predicted molar refractivity (Wildman–Crippen MR) is 130 cm³/mol. The van der Waals surface area contributed by atoms with Crippen LogP contribution in [0.25, 0.3) is 0 Å². The van der Waals surface area contributed by atoms with E-state index < -0.39 is 11.8 Å². The summed E-state index contributed by atoms with van der Waals surface area (Å²) in [6.45, 7) is 0.936. The van der Waals surface area contributed by atoms with Crippen molar-refractivity contribution in [2.24, 2.45) is 18.9 Å². The lowest BCUT2D eigenvalue weighted by molar-refractivity contribution is -0.130. The van der Waals surface area contributed by atoms with Crippen LogP contribution in [0.2, 0.25) is 0 Å². The number of nitrogens with zero attached hydrogens (tertiary/aromatic N) is 4. The summed E-state index contributed by atoms with van der Waals surface area (Å²) < 4.78 is 1.75. The van der Waals surface area contributed by atoms with Crippen molar-refractivity contribution in [3.8, 4) is 0 Å². The van der Waals surface area contributed by atoms with Gasteiger partial charge in [-0.05, 0) is 6.07 Å². The SMILES string of the molecule is CN(C)C(=O)CN1CC(C(=O)c2ccccc2)C(c2ccnn2C)C(C(=O)c2ccccc2)C1. The Morgan fingerprint density at radius 2 is 1.35 bits per heavy atom. The van der Waals surface area contributed by atoms with E-state index in [4.69, 9.17) is 0 Å². The van der Waals surface area contributed by atoms with Crippen LogP contribution in [-0.4, -0.2) is 70.8 Å². The molecule has 0 saturated carbocycles. The average Bonchev–Trinajstić information content (AvgIpc) is 3.28. The average molecular weight is 459 g/mol. The van der Waals surface area contributed by atoms with Gasteiger partial charge in [0.15, 0.2) is 11.6 Å². The summed E-state index contributed by atoms with van der Waals surface area (Å²) in [5, 5.41) is 4.34. The molecule has 2 atom stereocenters. The minimum absolute atomic E-state index is 0.0281. The van der Waals surface area contributed by atoms with Gasteiger partial charge in [0.2, 0.25) is 5.91 Å². The number of likely N-dealkylation sites (N-methyl/N-ethyl adjacent to an activating group) is 1. The van der Waals surface area contributed by atoms with E-state index >= 15 is 0 Å². The van der Waals surface area contributed by atoms with E-state index in [9.17, 15) is 14.4 Å². The number of ketones is 2. The monoisotopic (exact) mass is 458 g/mol. The summed E-state index contributed by atoms with van der Waals surface area (Å²) in [5.41, 5.74) is 2.06. The molecular weight excluding hydrogens is 428 g/mol. The van der Waals surface area contributed by atoms with Crippen LogP contribution in [0.15, 0.2) is 72.9 Å². The third-order valence-electron chi connectivity index (χ3n) is 6.62. The molecule has 4 rings (SSSR count). The molecule has 7 nitrogen and oxygen atoms in total. The molecule has 7 heteroatoms. The first-order valence-electron chi connectivity index (χ1n) is 11.5. The topological polar surface area (TPSA) is 75.5 Å². The molecule has 2 unspecified atom stereocenters. The lowest BCUT2D eigenvalue weighted by Crippen LogP contribution is -2.53. The smallest absolute Gasteiger partial charge is 0.236 e. The number of piperidine rings is 1. The van der Waals surface area contributed by atoms with E-state index in [-0.39, 0.29) is 29.9 Å². The van der Waals surface area contributed by atoms with Crippen molar-refractivity contribution in [1.82, 2.24) is 19.6 Å². The second-order valence-electron chi connectivity index (χ2n) is 9.06. The van der Waals surface area contributed by atoms with Gasteiger partial charge in [0.25, 0.3) is 0 Å². The van der Waals surface area contributed by atoms with Crippen LogP contribution in [0.1, 0.15) is 32.3 Å². The molecule has 34 heavy (non-hydrogen) atoms. The van der Waals surface area contributed by atoms with Crippen molar-refractivity contribution in [3.63, 3.8) is 0 Å². The molecule has 1 aliphatic heterocycles. The zero-order chi connectivity index (χ0) is 24.2. The quantitative estimate of drug-likeness (QED) is 0.509. The maximum atomic E-state index is 13.8. The molecule has 1 fully saturated rings. The van der Waals surface area contributed by atoms with Crippen LogP contribution in [0.3, 0.4) is 0 Å². The fourth-order valence-corrected chi connectivity index (χ4v) is 4.85. The maximum absolute atomic E-state index is 13.8. The molecule has 3 aromatic rings. The van der Waals surface area contributed by atoms with E-state index in [1.807, 2.05) is 54.4 Å². The molecule has 0 bridgehead atoms. The Kier molecular flexibility index (Phi) is 7.03. The fraction of sp³-hybridized carbons (Fsp3) is 0.333. The van der Waals surface area contributed by atoms with Gasteiger partial charge in [0.1, 0.15) is 0 Å². The van der Waals surface area contributed by atoms with E-state index in [1.165, 1.54) is 4.90 Å². The Bertz CT molecular complexity index is 1100. The maximum Gasteiger partial charge on any atom is 0.236 e. The zero-order valence-corrected chi connectivity index (χ0v) is 19.8. The summed E-state index contributed by atoms with van der Waals surface area (Å²) >= 11 is 0. The molecule has 2 heterocycles. The Balaban J connectivity index is 1.79. The summed E-state index contributed by atoms with van der Waals surface area (Å²) in [4.78, 5) is 43.7. The lowest BCUT2D eigenvalue weighted by atomic mass is 9.70. The van der Waals surface area contributed by atoms with Crippen LogP contribution in [0.5, 0.6) is 0 Å². The Labute approximate surface area is 200 Å². The van der Waals surface area contributed by atoms with Crippen LogP contribution in [-0.2, 0) is 11.8 Å². The van der Waals surface area contributed by atoms with E-state index in [1.54, 1.807) is 49.2 Å². The number of carbonyl (C=O) groups excluding carboxylic acids is 3. The van der Waals surface area contributed by atoms with Gasteiger partial charge >= 0.3 is 0 Å². The number of aryl methyl sites for hydroxylation is 1. The van der Waals surface area contributed by atoms with Crippen molar-refractivity contribution < 1.29 is 14.4 Å². The Morgan fingerprint density at radius 1 is 0.853 bits per heavy atom. The van der Waals surface area contributed by atoms with Crippen LogP contribution < -0.4 is 0 Å². The van der Waals surface area contributed by atoms with E-state index in [0.29, 0.717) is 24.2 Å². The molecule has 1 saturated heterocycles. The number of benzene rings is 2. The van der Waals surface area contributed by atoms with Gasteiger partial charge in [0, 0.05) is 75.0 Å². The fourth-order valence-electron chi connectivity index (χ4n) is 4.85. The number of Topliss-reactive ketones (excluding diaryl/α,β-unsaturated/α-hetero) is 2. The van der Waals surface area contributed by atoms with Crippen molar-refractivity contribution >= 4 is 17.5 Å². The number of hydrogen-bond acceptors (Lipinski definition) is 5.